The first-order valence-electron chi connectivity index (χ1n) is 13.5. The van der Waals surface area contributed by atoms with Crippen molar-refractivity contribution in [2.45, 2.75) is 88.6 Å². The number of carbonyl (C=O) groups excluding carboxylic acids is 2. The Morgan fingerprint density at radius 2 is 2.05 bits per heavy atom. The van der Waals surface area contributed by atoms with Crippen LogP contribution in [0, 0.1) is 11.8 Å². The number of carbonyl (C=O) groups is 2. The Morgan fingerprint density at radius 3 is 2.76 bits per heavy atom. The van der Waals surface area contributed by atoms with Gasteiger partial charge >= 0.3 is 0 Å². The minimum Gasteiger partial charge on any atom is -0.353 e. The van der Waals surface area contributed by atoms with E-state index in [4.69, 9.17) is 9.61 Å². The summed E-state index contributed by atoms with van der Waals surface area (Å²) < 4.78 is 34.4. The average Bonchev–Trinajstić information content (AvgIpc) is 3.30. The van der Waals surface area contributed by atoms with Crippen LogP contribution in [0.15, 0.2) is 23.1 Å². The van der Waals surface area contributed by atoms with Gasteiger partial charge in [-0.3, -0.25) is 9.59 Å². The molecule has 0 spiro atoms. The molecule has 2 aliphatic carbocycles. The molecule has 2 N–H and O–H groups in total. The van der Waals surface area contributed by atoms with Gasteiger partial charge in [0.25, 0.3) is 5.91 Å². The SMILES string of the molecule is CC[C@H]1C[C@H](Cc2cnn3cc([C@@H](NC(=O)c4nonc4C4CC4)C4CCC(F)(F)CC4)nc3c2)C(=O)N1. The van der Waals surface area contributed by atoms with Crippen LogP contribution in [0.25, 0.3) is 5.65 Å². The lowest BCUT2D eigenvalue weighted by Gasteiger charge is -2.33. The monoisotopic (exact) mass is 527 g/mol. The summed E-state index contributed by atoms with van der Waals surface area (Å²) in [7, 11) is 0. The van der Waals surface area contributed by atoms with Gasteiger partial charge in [0.2, 0.25) is 11.8 Å². The maximum Gasteiger partial charge on any atom is 0.276 e. The zero-order chi connectivity index (χ0) is 26.4. The molecule has 3 aromatic heterocycles. The molecule has 4 heterocycles. The highest BCUT2D eigenvalue weighted by Gasteiger charge is 2.40. The summed E-state index contributed by atoms with van der Waals surface area (Å²) in [6.45, 7) is 2.06. The second-order valence-electron chi connectivity index (χ2n) is 11.0. The van der Waals surface area contributed by atoms with Crippen LogP contribution in [-0.2, 0) is 11.2 Å². The van der Waals surface area contributed by atoms with Gasteiger partial charge in [0.05, 0.1) is 24.1 Å². The van der Waals surface area contributed by atoms with Crippen molar-refractivity contribution in [3.63, 3.8) is 0 Å². The van der Waals surface area contributed by atoms with Gasteiger partial charge in [-0.2, -0.15) is 5.10 Å². The van der Waals surface area contributed by atoms with E-state index in [1.807, 2.05) is 6.07 Å². The van der Waals surface area contributed by atoms with E-state index in [1.54, 1.807) is 16.9 Å². The van der Waals surface area contributed by atoms with Crippen LogP contribution < -0.4 is 10.6 Å². The van der Waals surface area contributed by atoms with Crippen molar-refractivity contribution in [1.29, 1.82) is 0 Å². The van der Waals surface area contributed by atoms with E-state index in [2.05, 4.69) is 33.0 Å². The maximum absolute atomic E-state index is 14.0. The first-order chi connectivity index (χ1) is 18.3. The molecule has 0 bridgehead atoms. The van der Waals surface area contributed by atoms with Crippen LogP contribution in [0.1, 0.15) is 97.7 Å². The fraction of sp³-hybridized carbons (Fsp3) is 0.615. The number of fused-ring (bicyclic) bond motifs is 1. The van der Waals surface area contributed by atoms with Gasteiger partial charge in [-0.25, -0.2) is 22.9 Å². The molecule has 10 nitrogen and oxygen atoms in total. The van der Waals surface area contributed by atoms with Crippen molar-refractivity contribution in [2.24, 2.45) is 11.8 Å². The van der Waals surface area contributed by atoms with Crippen molar-refractivity contribution in [3.05, 3.63) is 41.1 Å². The highest BCUT2D eigenvalue weighted by molar-refractivity contribution is 5.93. The molecular formula is C26H31F2N7O3. The Kier molecular flexibility index (Phi) is 6.35. The number of imidazole rings is 1. The third-order valence-electron chi connectivity index (χ3n) is 8.19. The fourth-order valence-corrected chi connectivity index (χ4v) is 5.77. The van der Waals surface area contributed by atoms with Gasteiger partial charge in [0.1, 0.15) is 5.69 Å². The summed E-state index contributed by atoms with van der Waals surface area (Å²) in [6.07, 6.45) is 7.61. The Balaban J connectivity index is 1.26. The van der Waals surface area contributed by atoms with E-state index in [0.717, 1.165) is 31.2 Å². The molecule has 1 saturated heterocycles. The number of halogens is 2. The first-order valence-corrected chi connectivity index (χ1v) is 13.5. The van der Waals surface area contributed by atoms with Gasteiger partial charge < -0.3 is 10.6 Å². The predicted octanol–water partition coefficient (Wildman–Crippen LogP) is 3.74. The van der Waals surface area contributed by atoms with Gasteiger partial charge in [-0.05, 0) is 67.7 Å². The van der Waals surface area contributed by atoms with Crippen LogP contribution >= 0.6 is 0 Å². The van der Waals surface area contributed by atoms with E-state index >= 15 is 0 Å². The number of aromatic nitrogens is 5. The Hall–Kier alpha value is -3.44. The minimum absolute atomic E-state index is 0.0607. The highest BCUT2D eigenvalue weighted by atomic mass is 19.3. The van der Waals surface area contributed by atoms with E-state index in [1.165, 1.54) is 0 Å². The highest BCUT2D eigenvalue weighted by Crippen LogP contribution is 2.42. The van der Waals surface area contributed by atoms with Gasteiger partial charge in [-0.1, -0.05) is 12.1 Å². The Labute approximate surface area is 217 Å². The molecule has 3 aliphatic rings. The average molecular weight is 528 g/mol. The lowest BCUT2D eigenvalue weighted by atomic mass is 9.81. The van der Waals surface area contributed by atoms with Gasteiger partial charge in [-0.15, -0.1) is 0 Å². The minimum atomic E-state index is -2.70. The number of alkyl halides is 2. The first kappa shape index (κ1) is 24.9. The van der Waals surface area contributed by atoms with Crippen LogP contribution in [0.4, 0.5) is 8.78 Å². The quantitative estimate of drug-likeness (QED) is 0.457. The second kappa shape index (κ2) is 9.70. The number of nitrogens with zero attached hydrogens (tertiary/aromatic N) is 5. The van der Waals surface area contributed by atoms with Gasteiger partial charge in [0.15, 0.2) is 11.3 Å². The number of hydrogen-bond donors (Lipinski definition) is 2. The molecule has 2 amide bonds. The lowest BCUT2D eigenvalue weighted by Crippen LogP contribution is -2.37. The number of hydrogen-bond acceptors (Lipinski definition) is 7. The number of nitrogens with one attached hydrogen (secondary N) is 2. The zero-order valence-electron chi connectivity index (χ0n) is 21.2. The molecule has 2 saturated carbocycles. The smallest absolute Gasteiger partial charge is 0.276 e. The third-order valence-corrected chi connectivity index (χ3v) is 8.19. The molecule has 12 heteroatoms. The fourth-order valence-electron chi connectivity index (χ4n) is 5.77. The second-order valence-corrected chi connectivity index (χ2v) is 11.0. The van der Waals surface area contributed by atoms with Crippen molar-refractivity contribution >= 4 is 17.5 Å². The van der Waals surface area contributed by atoms with E-state index < -0.39 is 17.9 Å². The lowest BCUT2D eigenvalue weighted by molar-refractivity contribution is -0.122. The largest absolute Gasteiger partial charge is 0.353 e. The summed E-state index contributed by atoms with van der Waals surface area (Å²) in [6, 6.07) is 1.50. The molecule has 3 fully saturated rings. The molecule has 0 radical (unpaired) electrons. The van der Waals surface area contributed by atoms with E-state index in [9.17, 15) is 18.4 Å². The number of rotatable bonds is 8. The van der Waals surface area contributed by atoms with E-state index in [-0.39, 0.29) is 61.1 Å². The van der Waals surface area contributed by atoms with Crippen LogP contribution in [0.2, 0.25) is 0 Å². The topological polar surface area (TPSA) is 127 Å². The third kappa shape index (κ3) is 5.00. The molecular weight excluding hydrogens is 496 g/mol. The zero-order valence-corrected chi connectivity index (χ0v) is 21.2. The molecule has 3 aromatic rings. The Morgan fingerprint density at radius 1 is 1.26 bits per heavy atom. The maximum atomic E-state index is 14.0. The summed E-state index contributed by atoms with van der Waals surface area (Å²) in [5.74, 6) is -3.24. The predicted molar refractivity (Wildman–Crippen MR) is 130 cm³/mol. The van der Waals surface area contributed by atoms with Crippen LogP contribution in [0.3, 0.4) is 0 Å². The molecule has 1 aliphatic heterocycles. The molecule has 0 unspecified atom stereocenters. The van der Waals surface area contributed by atoms with Crippen molar-refractivity contribution in [1.82, 2.24) is 35.5 Å². The summed E-state index contributed by atoms with van der Waals surface area (Å²) >= 11 is 0. The van der Waals surface area contributed by atoms with Crippen molar-refractivity contribution in [2.75, 3.05) is 0 Å². The van der Waals surface area contributed by atoms with Crippen LogP contribution in [0.5, 0.6) is 0 Å². The summed E-state index contributed by atoms with van der Waals surface area (Å²) in [4.78, 5) is 30.3. The van der Waals surface area contributed by atoms with E-state index in [0.29, 0.717) is 23.5 Å². The molecule has 0 aromatic carbocycles. The van der Waals surface area contributed by atoms with Gasteiger partial charge in [0, 0.05) is 30.7 Å². The summed E-state index contributed by atoms with van der Waals surface area (Å²) in [5, 5.41) is 18.2. The molecule has 6 rings (SSSR count). The Bertz CT molecular complexity index is 1340. The normalized spacial score (nSPS) is 24.4. The molecule has 3 atom stereocenters. The summed E-state index contributed by atoms with van der Waals surface area (Å²) in [5.41, 5.74) is 2.70. The number of amides is 2. The standard InChI is InChI=1S/C26H31F2N7O3/c1-2-18-11-17(24(36)30-18)9-14-10-20-31-19(13-35(20)29-12-14)21(16-5-7-26(27,28)8-6-16)32-25(37)23-22(15-3-4-15)33-38-34-23/h10,12-13,15-18,21H,2-9,11H2,1H3,(H,30,36)(H,32,37)/t17-,18-,21-/m0/s1. The van der Waals surface area contributed by atoms with Crippen LogP contribution in [-0.4, -0.2) is 48.7 Å². The molecule has 38 heavy (non-hydrogen) atoms. The van der Waals surface area contributed by atoms with Crippen molar-refractivity contribution in [3.8, 4) is 0 Å². The molecule has 202 valence electrons. The van der Waals surface area contributed by atoms with Crippen molar-refractivity contribution < 1.29 is 23.0 Å².